The van der Waals surface area contributed by atoms with E-state index in [1.807, 2.05) is 0 Å². The molecule has 1 unspecified atom stereocenters. The van der Waals surface area contributed by atoms with Gasteiger partial charge < -0.3 is 9.84 Å². The molecule has 1 aliphatic heterocycles. The summed E-state index contributed by atoms with van der Waals surface area (Å²) in [6.07, 6.45) is 1.19. The minimum atomic E-state index is -3.21. The Morgan fingerprint density at radius 3 is 2.43 bits per heavy atom. The molecule has 0 aromatic heterocycles. The molecule has 0 radical (unpaired) electrons. The van der Waals surface area contributed by atoms with Gasteiger partial charge in [-0.1, -0.05) is 0 Å². The molecule has 114 valence electrons. The van der Waals surface area contributed by atoms with Gasteiger partial charge in [0.1, 0.15) is 6.10 Å². The topological polar surface area (TPSA) is 80.7 Å². The first-order valence-corrected chi connectivity index (χ1v) is 7.86. The Hall–Kier alpha value is -1.96. The Morgan fingerprint density at radius 1 is 1.33 bits per heavy atom. The Labute approximate surface area is 119 Å². The molecule has 1 fully saturated rings. The predicted molar refractivity (Wildman–Crippen MR) is 70.7 cm³/mol. The lowest BCUT2D eigenvalue weighted by atomic mass is 10.2. The summed E-state index contributed by atoms with van der Waals surface area (Å²) in [5, 5.41) is 8.45. The van der Waals surface area contributed by atoms with E-state index in [1.54, 1.807) is 0 Å². The zero-order chi connectivity index (χ0) is 15.6. The lowest BCUT2D eigenvalue weighted by molar-refractivity contribution is -0.131. The summed E-state index contributed by atoms with van der Waals surface area (Å²) in [6.45, 7) is 0. The third kappa shape index (κ3) is 4.01. The van der Waals surface area contributed by atoms with Gasteiger partial charge >= 0.3 is 5.97 Å². The van der Waals surface area contributed by atoms with Gasteiger partial charge in [-0.25, -0.2) is 22.0 Å². The predicted octanol–water partition coefficient (Wildman–Crippen LogP) is 1.63. The van der Waals surface area contributed by atoms with Crippen molar-refractivity contribution in [1.29, 1.82) is 0 Å². The van der Waals surface area contributed by atoms with E-state index in [4.69, 9.17) is 9.84 Å². The number of halogens is 2. The van der Waals surface area contributed by atoms with Crippen LogP contribution in [0.25, 0.3) is 6.08 Å². The molecule has 1 aliphatic rings. The van der Waals surface area contributed by atoms with Gasteiger partial charge in [-0.15, -0.1) is 0 Å². The van der Waals surface area contributed by atoms with Crippen molar-refractivity contribution in [2.75, 3.05) is 11.5 Å². The fourth-order valence-electron chi connectivity index (χ4n) is 1.98. The normalized spacial score (nSPS) is 20.8. The quantitative estimate of drug-likeness (QED) is 0.853. The smallest absolute Gasteiger partial charge is 0.328 e. The van der Waals surface area contributed by atoms with Gasteiger partial charge in [0.2, 0.25) is 0 Å². The number of ether oxygens (including phenoxy) is 1. The average Bonchev–Trinajstić information content (AvgIpc) is 2.71. The first kappa shape index (κ1) is 15.4. The van der Waals surface area contributed by atoms with Gasteiger partial charge in [-0.3, -0.25) is 0 Å². The number of hydrogen-bond donors (Lipinski definition) is 1. The van der Waals surface area contributed by atoms with E-state index < -0.39 is 39.3 Å². The Kier molecular flexibility index (Phi) is 4.26. The molecule has 0 saturated carbocycles. The van der Waals surface area contributed by atoms with Crippen LogP contribution < -0.4 is 4.74 Å². The first-order chi connectivity index (χ1) is 9.77. The summed E-state index contributed by atoms with van der Waals surface area (Å²) in [5.74, 6) is -4.25. The van der Waals surface area contributed by atoms with Crippen LogP contribution in [0.4, 0.5) is 8.78 Å². The zero-order valence-corrected chi connectivity index (χ0v) is 11.6. The monoisotopic (exact) mass is 318 g/mol. The first-order valence-electron chi connectivity index (χ1n) is 6.04. The Bertz CT molecular complexity index is 674. The highest BCUT2D eigenvalue weighted by molar-refractivity contribution is 7.91. The molecule has 1 atom stereocenters. The number of carboxylic acids is 1. The van der Waals surface area contributed by atoms with Gasteiger partial charge in [-0.2, -0.15) is 0 Å². The molecule has 1 aromatic carbocycles. The summed E-state index contributed by atoms with van der Waals surface area (Å²) in [6, 6.07) is 1.84. The van der Waals surface area contributed by atoms with Crippen molar-refractivity contribution in [3.05, 3.63) is 35.4 Å². The summed E-state index contributed by atoms with van der Waals surface area (Å²) in [7, 11) is -3.21. The number of aliphatic carboxylic acids is 1. The number of sulfone groups is 1. The molecule has 0 amide bonds. The SMILES string of the molecule is O=C(O)C=Cc1cc(F)c(OC2CCS(=O)(=O)C2)c(F)c1. The van der Waals surface area contributed by atoms with Crippen molar-refractivity contribution in [2.24, 2.45) is 0 Å². The third-order valence-electron chi connectivity index (χ3n) is 2.91. The van der Waals surface area contributed by atoms with Crippen LogP contribution in [0.1, 0.15) is 12.0 Å². The van der Waals surface area contributed by atoms with Crippen molar-refractivity contribution in [3.8, 4) is 5.75 Å². The van der Waals surface area contributed by atoms with Gasteiger partial charge in [0.25, 0.3) is 0 Å². The molecule has 2 rings (SSSR count). The van der Waals surface area contributed by atoms with Gasteiger partial charge in [0.05, 0.1) is 11.5 Å². The van der Waals surface area contributed by atoms with E-state index in [2.05, 4.69) is 0 Å². The molecule has 0 spiro atoms. The van der Waals surface area contributed by atoms with Gasteiger partial charge in [0.15, 0.2) is 27.2 Å². The summed E-state index contributed by atoms with van der Waals surface area (Å²) >= 11 is 0. The molecule has 0 bridgehead atoms. The second-order valence-corrected chi connectivity index (χ2v) is 6.86. The van der Waals surface area contributed by atoms with Crippen molar-refractivity contribution in [3.63, 3.8) is 0 Å². The third-order valence-corrected chi connectivity index (χ3v) is 4.65. The summed E-state index contributed by atoms with van der Waals surface area (Å²) < 4.78 is 55.2. The molecule has 1 saturated heterocycles. The van der Waals surface area contributed by atoms with Crippen LogP contribution in [0.15, 0.2) is 18.2 Å². The molecule has 8 heteroatoms. The highest BCUT2D eigenvalue weighted by Gasteiger charge is 2.30. The second kappa shape index (κ2) is 5.80. The molecule has 5 nitrogen and oxygen atoms in total. The minimum Gasteiger partial charge on any atom is -0.483 e. The molecule has 1 N–H and O–H groups in total. The minimum absolute atomic E-state index is 0.0267. The van der Waals surface area contributed by atoms with E-state index in [9.17, 15) is 22.0 Å². The standard InChI is InChI=1S/C13H12F2O5S/c14-10-5-8(1-2-12(16)17)6-11(15)13(10)20-9-3-4-21(18,19)7-9/h1-2,5-6,9H,3-4,7H2,(H,16,17). The molecule has 1 aromatic rings. The van der Waals surface area contributed by atoms with Crippen LogP contribution in [-0.2, 0) is 14.6 Å². The van der Waals surface area contributed by atoms with Crippen molar-refractivity contribution < 1.29 is 31.8 Å². The maximum Gasteiger partial charge on any atom is 0.328 e. The van der Waals surface area contributed by atoms with Gasteiger partial charge in [-0.05, 0) is 30.2 Å². The lowest BCUT2D eigenvalue weighted by Gasteiger charge is -2.13. The number of hydrogen-bond acceptors (Lipinski definition) is 4. The highest BCUT2D eigenvalue weighted by atomic mass is 32.2. The molecular weight excluding hydrogens is 306 g/mol. The maximum absolute atomic E-state index is 13.8. The maximum atomic E-state index is 13.8. The number of benzene rings is 1. The van der Waals surface area contributed by atoms with Crippen molar-refractivity contribution >= 4 is 21.9 Å². The van der Waals surface area contributed by atoms with E-state index in [-0.39, 0.29) is 23.5 Å². The Balaban J connectivity index is 2.20. The molecular formula is C13H12F2O5S. The molecule has 0 aliphatic carbocycles. The lowest BCUT2D eigenvalue weighted by Crippen LogP contribution is -2.19. The average molecular weight is 318 g/mol. The van der Waals surface area contributed by atoms with Gasteiger partial charge in [0, 0.05) is 6.08 Å². The van der Waals surface area contributed by atoms with Crippen LogP contribution in [0.3, 0.4) is 0 Å². The Morgan fingerprint density at radius 2 is 1.95 bits per heavy atom. The summed E-state index contributed by atoms with van der Waals surface area (Å²) in [4.78, 5) is 10.3. The largest absolute Gasteiger partial charge is 0.483 e. The van der Waals surface area contributed by atoms with Crippen molar-refractivity contribution in [1.82, 2.24) is 0 Å². The van der Waals surface area contributed by atoms with Crippen molar-refractivity contribution in [2.45, 2.75) is 12.5 Å². The van der Waals surface area contributed by atoms with Crippen LogP contribution in [0.2, 0.25) is 0 Å². The number of rotatable bonds is 4. The molecule has 21 heavy (non-hydrogen) atoms. The van der Waals surface area contributed by atoms with E-state index >= 15 is 0 Å². The number of carbonyl (C=O) groups is 1. The van der Waals surface area contributed by atoms with E-state index in [0.29, 0.717) is 0 Å². The number of carboxylic acid groups (broad SMARTS) is 1. The van der Waals surface area contributed by atoms with Crippen LogP contribution in [0, 0.1) is 11.6 Å². The van der Waals surface area contributed by atoms with Crippen LogP contribution in [-0.4, -0.2) is 37.1 Å². The van der Waals surface area contributed by atoms with Crippen LogP contribution in [0.5, 0.6) is 5.75 Å². The van der Waals surface area contributed by atoms with Crippen LogP contribution >= 0.6 is 0 Å². The summed E-state index contributed by atoms with van der Waals surface area (Å²) in [5.41, 5.74) is 0.0267. The van der Waals surface area contributed by atoms with E-state index in [1.165, 1.54) is 0 Å². The van der Waals surface area contributed by atoms with E-state index in [0.717, 1.165) is 24.3 Å². The zero-order valence-electron chi connectivity index (χ0n) is 10.8. The second-order valence-electron chi connectivity index (χ2n) is 4.63. The fraction of sp³-hybridized carbons (Fsp3) is 0.308. The fourth-order valence-corrected chi connectivity index (χ4v) is 3.57. The highest BCUT2D eigenvalue weighted by Crippen LogP contribution is 2.27. The molecule has 1 heterocycles.